The van der Waals surface area contributed by atoms with Gasteiger partial charge in [0.2, 0.25) is 11.8 Å². The highest BCUT2D eigenvalue weighted by molar-refractivity contribution is 5.94. The van der Waals surface area contributed by atoms with Crippen LogP contribution in [0.3, 0.4) is 0 Å². The van der Waals surface area contributed by atoms with E-state index in [9.17, 15) is 9.59 Å². The third kappa shape index (κ3) is 4.68. The zero-order valence-corrected chi connectivity index (χ0v) is 15.4. The highest BCUT2D eigenvalue weighted by Crippen LogP contribution is 2.27. The number of carbonyl (C=O) groups excluding carboxylic acids is 2. The third-order valence-corrected chi connectivity index (χ3v) is 4.59. The van der Waals surface area contributed by atoms with E-state index >= 15 is 0 Å². The quantitative estimate of drug-likeness (QED) is 0.802. The summed E-state index contributed by atoms with van der Waals surface area (Å²) in [5, 5.41) is 6.88. The number of methoxy groups -OCH3 is 1. The molecule has 2 aromatic rings. The summed E-state index contributed by atoms with van der Waals surface area (Å²) in [5.41, 5.74) is 0.483. The molecule has 0 aliphatic carbocycles. The SMILES string of the molecule is COCCC(=O)N1CCC(NC(=O)c2cccnc2)C(c2nc(C)no2)C1. The Labute approximate surface area is 157 Å². The van der Waals surface area contributed by atoms with E-state index < -0.39 is 0 Å². The number of ether oxygens (including phenoxy) is 1. The monoisotopic (exact) mass is 373 g/mol. The second kappa shape index (κ2) is 8.72. The minimum atomic E-state index is -0.271. The Kier molecular flexibility index (Phi) is 6.12. The van der Waals surface area contributed by atoms with E-state index in [1.807, 2.05) is 0 Å². The molecule has 1 fully saturated rings. The van der Waals surface area contributed by atoms with Crippen molar-refractivity contribution in [3.8, 4) is 0 Å². The lowest BCUT2D eigenvalue weighted by Crippen LogP contribution is -2.51. The van der Waals surface area contributed by atoms with Crippen LogP contribution < -0.4 is 5.32 Å². The molecule has 3 rings (SSSR count). The lowest BCUT2D eigenvalue weighted by atomic mass is 9.91. The number of nitrogens with one attached hydrogen (secondary N) is 1. The van der Waals surface area contributed by atoms with E-state index in [1.54, 1.807) is 37.3 Å². The maximum Gasteiger partial charge on any atom is 0.253 e. The van der Waals surface area contributed by atoms with Gasteiger partial charge in [0.25, 0.3) is 5.91 Å². The number of rotatable bonds is 6. The van der Waals surface area contributed by atoms with Crippen LogP contribution in [0.15, 0.2) is 29.0 Å². The van der Waals surface area contributed by atoms with E-state index in [0.29, 0.717) is 49.8 Å². The van der Waals surface area contributed by atoms with Gasteiger partial charge in [0.1, 0.15) is 0 Å². The first kappa shape index (κ1) is 19.0. The van der Waals surface area contributed by atoms with Crippen LogP contribution >= 0.6 is 0 Å². The molecule has 1 N–H and O–H groups in total. The summed E-state index contributed by atoms with van der Waals surface area (Å²) in [6, 6.07) is 3.20. The van der Waals surface area contributed by atoms with Crippen molar-refractivity contribution < 1.29 is 18.8 Å². The van der Waals surface area contributed by atoms with Gasteiger partial charge in [-0.05, 0) is 25.5 Å². The van der Waals surface area contributed by atoms with Crippen LogP contribution in [0.4, 0.5) is 0 Å². The van der Waals surface area contributed by atoms with E-state index in [-0.39, 0.29) is 23.8 Å². The molecule has 27 heavy (non-hydrogen) atoms. The zero-order valence-electron chi connectivity index (χ0n) is 15.4. The Morgan fingerprint density at radius 1 is 1.44 bits per heavy atom. The molecule has 1 aliphatic rings. The number of pyridine rings is 1. The highest BCUT2D eigenvalue weighted by atomic mass is 16.5. The van der Waals surface area contributed by atoms with Crippen molar-refractivity contribution in [3.63, 3.8) is 0 Å². The molecule has 2 atom stereocenters. The molecule has 2 aromatic heterocycles. The largest absolute Gasteiger partial charge is 0.384 e. The van der Waals surface area contributed by atoms with Crippen molar-refractivity contribution in [2.24, 2.45) is 0 Å². The average Bonchev–Trinajstić information content (AvgIpc) is 3.13. The number of likely N-dealkylation sites (tertiary alicyclic amines) is 1. The topological polar surface area (TPSA) is 110 Å². The molecule has 2 unspecified atom stereocenters. The fourth-order valence-corrected chi connectivity index (χ4v) is 3.16. The molecule has 2 amide bonds. The summed E-state index contributed by atoms with van der Waals surface area (Å²) in [6.45, 7) is 3.06. The summed E-state index contributed by atoms with van der Waals surface area (Å²) in [5.74, 6) is 0.467. The van der Waals surface area contributed by atoms with Crippen molar-refractivity contribution in [2.75, 3.05) is 26.8 Å². The molecule has 0 radical (unpaired) electrons. The third-order valence-electron chi connectivity index (χ3n) is 4.59. The predicted molar refractivity (Wildman–Crippen MR) is 95.0 cm³/mol. The normalized spacial score (nSPS) is 19.7. The molecule has 9 nitrogen and oxygen atoms in total. The second-order valence-electron chi connectivity index (χ2n) is 6.48. The average molecular weight is 373 g/mol. The van der Waals surface area contributed by atoms with Crippen LogP contribution in [-0.4, -0.2) is 64.7 Å². The Morgan fingerprint density at radius 3 is 2.96 bits per heavy atom. The standard InChI is InChI=1S/C18H23N5O4/c1-12-20-18(27-22-12)14-11-23(16(24)6-9-26-2)8-5-15(14)21-17(25)13-4-3-7-19-10-13/h3-4,7,10,14-15H,5-6,8-9,11H2,1-2H3,(H,21,25). The van der Waals surface area contributed by atoms with Gasteiger partial charge in [-0.2, -0.15) is 4.98 Å². The number of hydrogen-bond acceptors (Lipinski definition) is 7. The fraction of sp³-hybridized carbons (Fsp3) is 0.500. The Morgan fingerprint density at radius 2 is 2.30 bits per heavy atom. The van der Waals surface area contributed by atoms with Crippen molar-refractivity contribution in [3.05, 3.63) is 41.8 Å². The van der Waals surface area contributed by atoms with E-state index in [1.165, 1.54) is 6.20 Å². The summed E-state index contributed by atoms with van der Waals surface area (Å²) < 4.78 is 10.3. The Balaban J connectivity index is 1.74. The number of amides is 2. The van der Waals surface area contributed by atoms with Gasteiger partial charge in [-0.1, -0.05) is 5.16 Å². The van der Waals surface area contributed by atoms with E-state index in [0.717, 1.165) is 0 Å². The lowest BCUT2D eigenvalue weighted by molar-refractivity contribution is -0.133. The van der Waals surface area contributed by atoms with Crippen LogP contribution in [0, 0.1) is 6.92 Å². The van der Waals surface area contributed by atoms with Gasteiger partial charge in [0.15, 0.2) is 5.82 Å². The number of carbonyl (C=O) groups is 2. The first-order chi connectivity index (χ1) is 13.1. The molecule has 0 spiro atoms. The fourth-order valence-electron chi connectivity index (χ4n) is 3.16. The van der Waals surface area contributed by atoms with Gasteiger partial charge in [0.05, 0.1) is 24.5 Å². The Hall–Kier alpha value is -2.81. The van der Waals surface area contributed by atoms with Crippen LogP contribution in [0.25, 0.3) is 0 Å². The van der Waals surface area contributed by atoms with Crippen LogP contribution in [0.5, 0.6) is 0 Å². The zero-order chi connectivity index (χ0) is 19.2. The molecule has 144 valence electrons. The number of hydrogen-bond donors (Lipinski definition) is 1. The van der Waals surface area contributed by atoms with E-state index in [2.05, 4.69) is 20.4 Å². The molecule has 1 aliphatic heterocycles. The number of nitrogens with zero attached hydrogens (tertiary/aromatic N) is 4. The van der Waals surface area contributed by atoms with Gasteiger partial charge < -0.3 is 19.5 Å². The summed E-state index contributed by atoms with van der Waals surface area (Å²) >= 11 is 0. The minimum absolute atomic E-state index is 0.00937. The Bertz CT molecular complexity index is 779. The van der Waals surface area contributed by atoms with E-state index in [4.69, 9.17) is 9.26 Å². The van der Waals surface area contributed by atoms with Crippen molar-refractivity contribution in [1.82, 2.24) is 25.3 Å². The van der Waals surface area contributed by atoms with Gasteiger partial charge in [-0.25, -0.2) is 0 Å². The lowest BCUT2D eigenvalue weighted by Gasteiger charge is -2.37. The summed E-state index contributed by atoms with van der Waals surface area (Å²) in [7, 11) is 1.57. The van der Waals surface area contributed by atoms with Gasteiger partial charge in [-0.15, -0.1) is 0 Å². The smallest absolute Gasteiger partial charge is 0.253 e. The predicted octanol–water partition coefficient (Wildman–Crippen LogP) is 0.924. The highest BCUT2D eigenvalue weighted by Gasteiger charge is 2.36. The van der Waals surface area contributed by atoms with Crippen LogP contribution in [-0.2, 0) is 9.53 Å². The molecule has 9 heteroatoms. The van der Waals surface area contributed by atoms with Gasteiger partial charge in [0, 0.05) is 38.6 Å². The second-order valence-corrected chi connectivity index (χ2v) is 6.48. The molecule has 0 saturated carbocycles. The maximum absolute atomic E-state index is 12.5. The molecular formula is C18H23N5O4. The first-order valence-electron chi connectivity index (χ1n) is 8.86. The van der Waals surface area contributed by atoms with Crippen molar-refractivity contribution in [2.45, 2.75) is 31.7 Å². The molecule has 1 saturated heterocycles. The molecule has 3 heterocycles. The van der Waals surface area contributed by atoms with Gasteiger partial charge in [-0.3, -0.25) is 14.6 Å². The summed E-state index contributed by atoms with van der Waals surface area (Å²) in [4.78, 5) is 35.0. The van der Waals surface area contributed by atoms with Gasteiger partial charge >= 0.3 is 0 Å². The first-order valence-corrected chi connectivity index (χ1v) is 8.86. The molecule has 0 bridgehead atoms. The molecular weight excluding hydrogens is 350 g/mol. The number of piperidine rings is 1. The van der Waals surface area contributed by atoms with Crippen molar-refractivity contribution in [1.29, 1.82) is 0 Å². The van der Waals surface area contributed by atoms with Crippen LogP contribution in [0.1, 0.15) is 40.8 Å². The summed E-state index contributed by atoms with van der Waals surface area (Å²) in [6.07, 6.45) is 4.05. The molecule has 0 aromatic carbocycles. The number of aryl methyl sites for hydroxylation is 1. The van der Waals surface area contributed by atoms with Crippen molar-refractivity contribution >= 4 is 11.8 Å². The minimum Gasteiger partial charge on any atom is -0.384 e. The maximum atomic E-state index is 12.5. The van der Waals surface area contributed by atoms with Crippen LogP contribution in [0.2, 0.25) is 0 Å². The number of aromatic nitrogens is 3.